The Balaban J connectivity index is 1.89. The summed E-state index contributed by atoms with van der Waals surface area (Å²) < 4.78 is 42.8. The second kappa shape index (κ2) is 8.58. The highest BCUT2D eigenvalue weighted by molar-refractivity contribution is 7.12. The summed E-state index contributed by atoms with van der Waals surface area (Å²) in [6.45, 7) is 8.65. The van der Waals surface area contributed by atoms with E-state index in [4.69, 9.17) is 0 Å². The third-order valence-electron chi connectivity index (χ3n) is 5.82. The number of hydrogen-bond acceptors (Lipinski definition) is 3. The summed E-state index contributed by atoms with van der Waals surface area (Å²) in [6, 6.07) is 9.28. The van der Waals surface area contributed by atoms with E-state index in [2.05, 4.69) is 24.7 Å². The van der Waals surface area contributed by atoms with Crippen molar-refractivity contribution in [3.05, 3.63) is 75.8 Å². The molecule has 4 nitrogen and oxygen atoms in total. The van der Waals surface area contributed by atoms with Crippen LogP contribution in [0.2, 0.25) is 0 Å². The zero-order valence-electron chi connectivity index (χ0n) is 17.9. The molecule has 1 aromatic carbocycles. The molecule has 0 N–H and O–H groups in total. The van der Waals surface area contributed by atoms with Gasteiger partial charge in [-0.15, -0.1) is 11.3 Å². The molecule has 0 aliphatic carbocycles. The fourth-order valence-electron chi connectivity index (χ4n) is 4.25. The van der Waals surface area contributed by atoms with Crippen molar-refractivity contribution in [2.75, 3.05) is 6.54 Å². The van der Waals surface area contributed by atoms with Crippen LogP contribution in [0.1, 0.15) is 46.3 Å². The van der Waals surface area contributed by atoms with Gasteiger partial charge in [-0.05, 0) is 42.2 Å². The zero-order chi connectivity index (χ0) is 23.0. The first-order valence-electron chi connectivity index (χ1n) is 10.5. The van der Waals surface area contributed by atoms with Crippen molar-refractivity contribution in [1.82, 2.24) is 14.7 Å². The van der Waals surface area contributed by atoms with Crippen LogP contribution < -0.4 is 0 Å². The van der Waals surface area contributed by atoms with E-state index in [1.807, 2.05) is 12.1 Å². The number of fused-ring (bicyclic) bond motifs is 1. The average Bonchev–Trinajstić information content (AvgIpc) is 3.41. The van der Waals surface area contributed by atoms with Gasteiger partial charge >= 0.3 is 6.18 Å². The summed E-state index contributed by atoms with van der Waals surface area (Å²) in [4.78, 5) is 16.4. The van der Waals surface area contributed by atoms with Gasteiger partial charge in [-0.25, -0.2) is 0 Å². The molecule has 0 bridgehead atoms. The number of benzene rings is 1. The Kier molecular flexibility index (Phi) is 5.99. The molecule has 0 saturated carbocycles. The molecular formula is C24H24F3N3OS. The number of alkyl halides is 3. The SMILES string of the molecule is C=CC(=O)N1Cc2sc(CC)cc2[C@@H](c2ccccc2-c2cn(CC)nc2C(F)(F)F)C1. The molecule has 8 heteroatoms. The Bertz CT molecular complexity index is 1160. The predicted octanol–water partition coefficient (Wildman–Crippen LogP) is 5.87. The Morgan fingerprint density at radius 2 is 2.00 bits per heavy atom. The molecule has 1 aliphatic heterocycles. The van der Waals surface area contributed by atoms with E-state index in [0.717, 1.165) is 22.4 Å². The summed E-state index contributed by atoms with van der Waals surface area (Å²) in [5.41, 5.74) is 1.52. The topological polar surface area (TPSA) is 38.1 Å². The van der Waals surface area contributed by atoms with Crippen molar-refractivity contribution >= 4 is 17.2 Å². The highest BCUT2D eigenvalue weighted by Crippen LogP contribution is 2.44. The van der Waals surface area contributed by atoms with Gasteiger partial charge < -0.3 is 4.90 Å². The molecule has 168 valence electrons. The van der Waals surface area contributed by atoms with E-state index in [1.165, 1.54) is 21.8 Å². The maximum atomic E-state index is 13.8. The Morgan fingerprint density at radius 1 is 1.25 bits per heavy atom. The monoisotopic (exact) mass is 459 g/mol. The van der Waals surface area contributed by atoms with E-state index in [1.54, 1.807) is 35.3 Å². The second-order valence-corrected chi connectivity index (χ2v) is 8.97. The summed E-state index contributed by atoms with van der Waals surface area (Å²) in [6.07, 6.45) is -0.954. The second-order valence-electron chi connectivity index (χ2n) is 7.75. The lowest BCUT2D eigenvalue weighted by atomic mass is 9.83. The van der Waals surface area contributed by atoms with E-state index in [-0.39, 0.29) is 17.4 Å². The van der Waals surface area contributed by atoms with Crippen LogP contribution >= 0.6 is 11.3 Å². The lowest BCUT2D eigenvalue weighted by Gasteiger charge is -2.33. The highest BCUT2D eigenvalue weighted by atomic mass is 32.1. The molecule has 0 unspecified atom stereocenters. The number of carbonyl (C=O) groups is 1. The van der Waals surface area contributed by atoms with Gasteiger partial charge in [0.15, 0.2) is 5.69 Å². The fourth-order valence-corrected chi connectivity index (χ4v) is 5.43. The van der Waals surface area contributed by atoms with Gasteiger partial charge in [-0.2, -0.15) is 18.3 Å². The van der Waals surface area contributed by atoms with Gasteiger partial charge in [0.1, 0.15) is 0 Å². The lowest BCUT2D eigenvalue weighted by molar-refractivity contribution is -0.141. The number of amides is 1. The van der Waals surface area contributed by atoms with Crippen LogP contribution in [0.25, 0.3) is 11.1 Å². The summed E-state index contributed by atoms with van der Waals surface area (Å²) >= 11 is 1.66. The van der Waals surface area contributed by atoms with Crippen molar-refractivity contribution in [2.24, 2.45) is 0 Å². The van der Waals surface area contributed by atoms with Crippen molar-refractivity contribution < 1.29 is 18.0 Å². The first kappa shape index (κ1) is 22.3. The third-order valence-corrected chi connectivity index (χ3v) is 7.10. The van der Waals surface area contributed by atoms with Crippen molar-refractivity contribution in [1.29, 1.82) is 0 Å². The molecule has 0 radical (unpaired) electrons. The number of nitrogens with zero attached hydrogens (tertiary/aromatic N) is 3. The van der Waals surface area contributed by atoms with Crippen LogP contribution in [0.3, 0.4) is 0 Å². The molecular weight excluding hydrogens is 435 g/mol. The quantitative estimate of drug-likeness (QED) is 0.448. The lowest BCUT2D eigenvalue weighted by Crippen LogP contribution is -2.37. The molecule has 3 heterocycles. The zero-order valence-corrected chi connectivity index (χ0v) is 18.8. The number of aromatic nitrogens is 2. The molecule has 0 spiro atoms. The van der Waals surface area contributed by atoms with Gasteiger partial charge in [-0.1, -0.05) is 37.8 Å². The van der Waals surface area contributed by atoms with Crippen LogP contribution in [-0.2, 0) is 30.5 Å². The smallest absolute Gasteiger partial charge is 0.333 e. The summed E-state index contributed by atoms with van der Waals surface area (Å²) in [5.74, 6) is -0.416. The molecule has 1 aliphatic rings. The minimum Gasteiger partial charge on any atom is -0.333 e. The Morgan fingerprint density at radius 3 is 2.66 bits per heavy atom. The van der Waals surface area contributed by atoms with Gasteiger partial charge in [-0.3, -0.25) is 9.48 Å². The molecule has 0 saturated heterocycles. The first-order valence-corrected chi connectivity index (χ1v) is 11.3. The molecule has 0 fully saturated rings. The van der Waals surface area contributed by atoms with Gasteiger partial charge in [0, 0.05) is 40.5 Å². The summed E-state index contributed by atoms with van der Waals surface area (Å²) in [5, 5.41) is 3.80. The van der Waals surface area contributed by atoms with Crippen LogP contribution in [0, 0.1) is 0 Å². The van der Waals surface area contributed by atoms with Crippen LogP contribution in [-0.4, -0.2) is 27.1 Å². The summed E-state index contributed by atoms with van der Waals surface area (Å²) in [7, 11) is 0. The molecule has 4 rings (SSSR count). The van der Waals surface area contributed by atoms with Gasteiger partial charge in [0.2, 0.25) is 5.91 Å². The average molecular weight is 460 g/mol. The van der Waals surface area contributed by atoms with Crippen LogP contribution in [0.4, 0.5) is 13.2 Å². The van der Waals surface area contributed by atoms with E-state index in [0.29, 0.717) is 25.2 Å². The van der Waals surface area contributed by atoms with Gasteiger partial charge in [0.25, 0.3) is 0 Å². The Labute approximate surface area is 189 Å². The largest absolute Gasteiger partial charge is 0.435 e. The highest BCUT2D eigenvalue weighted by Gasteiger charge is 2.39. The third kappa shape index (κ3) is 3.99. The number of carbonyl (C=O) groups excluding carboxylic acids is 1. The number of thiophene rings is 1. The van der Waals surface area contributed by atoms with E-state index < -0.39 is 11.9 Å². The number of aryl methyl sites for hydroxylation is 2. The van der Waals surface area contributed by atoms with Crippen LogP contribution in [0.15, 0.2) is 49.2 Å². The maximum Gasteiger partial charge on any atom is 0.435 e. The predicted molar refractivity (Wildman–Crippen MR) is 119 cm³/mol. The van der Waals surface area contributed by atoms with Crippen molar-refractivity contribution in [2.45, 2.75) is 45.5 Å². The molecule has 1 amide bonds. The van der Waals surface area contributed by atoms with Gasteiger partial charge in [0.05, 0.1) is 6.54 Å². The normalized spacial score (nSPS) is 16.2. The number of hydrogen-bond donors (Lipinski definition) is 0. The Hall–Kier alpha value is -2.87. The maximum absolute atomic E-state index is 13.8. The van der Waals surface area contributed by atoms with E-state index in [9.17, 15) is 18.0 Å². The standard InChI is InChI=1S/C24H24F3N3OS/c1-4-15-11-18-19(12-29(22(31)5-2)14-21(18)32-15)16-9-7-8-10-17(16)20-13-30(6-3)28-23(20)24(25,26)27/h5,7-11,13,19H,2,4,6,12,14H2,1,3H3/t19-/m1/s1. The minimum atomic E-state index is -4.57. The molecule has 2 aromatic heterocycles. The number of halogens is 3. The first-order chi connectivity index (χ1) is 15.3. The van der Waals surface area contributed by atoms with Crippen LogP contribution in [0.5, 0.6) is 0 Å². The fraction of sp³-hybridized carbons (Fsp3) is 0.333. The molecule has 3 aromatic rings. The molecule has 1 atom stereocenters. The minimum absolute atomic E-state index is 0.0645. The van der Waals surface area contributed by atoms with E-state index >= 15 is 0 Å². The molecule has 32 heavy (non-hydrogen) atoms. The number of rotatable bonds is 5. The van der Waals surface area contributed by atoms with Crippen molar-refractivity contribution in [3.63, 3.8) is 0 Å². The van der Waals surface area contributed by atoms with Crippen molar-refractivity contribution in [3.8, 4) is 11.1 Å².